The van der Waals surface area contributed by atoms with E-state index in [-0.39, 0.29) is 39.1 Å². The lowest BCUT2D eigenvalue weighted by molar-refractivity contribution is -0.139. The monoisotopic (exact) mass is 410 g/mol. The van der Waals surface area contributed by atoms with Gasteiger partial charge in [0.15, 0.2) is 11.3 Å². The first-order valence-corrected chi connectivity index (χ1v) is 8.35. The predicted molar refractivity (Wildman–Crippen MR) is 95.0 cm³/mol. The second-order valence-electron chi connectivity index (χ2n) is 5.98. The van der Waals surface area contributed by atoms with Gasteiger partial charge in [-0.05, 0) is 31.2 Å². The molecule has 0 atom stereocenters. The second kappa shape index (κ2) is 6.30. The van der Waals surface area contributed by atoms with Gasteiger partial charge in [0.25, 0.3) is 0 Å². The number of nitrogens with zero attached hydrogens (tertiary/aromatic N) is 4. The number of ether oxygens (including phenoxy) is 1. The lowest BCUT2D eigenvalue weighted by Crippen LogP contribution is -2.08. The van der Waals surface area contributed by atoms with Crippen LogP contribution in [0, 0.1) is 12.7 Å². The number of hydrogen-bond acceptors (Lipinski definition) is 4. The first-order valence-electron chi connectivity index (χ1n) is 7.97. The zero-order chi connectivity index (χ0) is 20.2. The second-order valence-corrected chi connectivity index (χ2v) is 6.39. The van der Waals surface area contributed by atoms with Crippen LogP contribution in [0.25, 0.3) is 28.1 Å². The quantitative estimate of drug-likeness (QED) is 0.433. The minimum Gasteiger partial charge on any atom is -0.481 e. The van der Waals surface area contributed by atoms with E-state index in [1.54, 1.807) is 6.07 Å². The number of hydrogen-bond donors (Lipinski definition) is 0. The molecule has 0 saturated heterocycles. The molecular formula is C18H11ClF4N4O. The Kier molecular flexibility index (Phi) is 4.15. The van der Waals surface area contributed by atoms with Gasteiger partial charge < -0.3 is 4.74 Å². The van der Waals surface area contributed by atoms with Crippen molar-refractivity contribution in [3.05, 3.63) is 52.6 Å². The minimum atomic E-state index is -4.76. The fourth-order valence-electron chi connectivity index (χ4n) is 3.03. The van der Waals surface area contributed by atoms with Crippen molar-refractivity contribution in [3.8, 4) is 17.3 Å². The molecule has 3 heterocycles. The number of pyridine rings is 1. The maximum Gasteiger partial charge on any atom is 0.435 e. The molecule has 0 fully saturated rings. The molecule has 0 aliphatic rings. The largest absolute Gasteiger partial charge is 0.481 e. The van der Waals surface area contributed by atoms with E-state index >= 15 is 0 Å². The van der Waals surface area contributed by atoms with Gasteiger partial charge >= 0.3 is 6.18 Å². The summed E-state index contributed by atoms with van der Waals surface area (Å²) in [6.45, 7) is 1.44. The summed E-state index contributed by atoms with van der Waals surface area (Å²) in [5, 5.41) is 0.0486. The number of halogens is 5. The predicted octanol–water partition coefficient (Wildman–Crippen LogP) is 5.07. The van der Waals surface area contributed by atoms with E-state index in [9.17, 15) is 17.6 Å². The van der Waals surface area contributed by atoms with Crippen molar-refractivity contribution in [1.82, 2.24) is 19.4 Å². The summed E-state index contributed by atoms with van der Waals surface area (Å²) in [6, 6.07) is 6.50. The minimum absolute atomic E-state index is 0.00341. The molecule has 5 nitrogen and oxygen atoms in total. The summed E-state index contributed by atoms with van der Waals surface area (Å²) in [5.74, 6) is -0.675. The van der Waals surface area contributed by atoms with E-state index in [0.717, 1.165) is 12.1 Å². The molecule has 0 saturated carbocycles. The van der Waals surface area contributed by atoms with Gasteiger partial charge in [0, 0.05) is 11.6 Å². The smallest absolute Gasteiger partial charge is 0.435 e. The van der Waals surface area contributed by atoms with Gasteiger partial charge in [0.2, 0.25) is 5.88 Å². The van der Waals surface area contributed by atoms with Crippen LogP contribution in [0.15, 0.2) is 30.3 Å². The summed E-state index contributed by atoms with van der Waals surface area (Å²) in [7, 11) is 1.38. The van der Waals surface area contributed by atoms with Crippen LogP contribution >= 0.6 is 11.6 Å². The van der Waals surface area contributed by atoms with Crippen LogP contribution in [-0.4, -0.2) is 26.5 Å². The summed E-state index contributed by atoms with van der Waals surface area (Å²) in [4.78, 5) is 12.2. The average molecular weight is 411 g/mol. The molecule has 0 unspecified atom stereocenters. The average Bonchev–Trinajstić information content (AvgIpc) is 3.05. The van der Waals surface area contributed by atoms with Gasteiger partial charge in [-0.15, -0.1) is 0 Å². The van der Waals surface area contributed by atoms with Crippen LogP contribution in [-0.2, 0) is 6.18 Å². The Morgan fingerprint density at radius 2 is 1.82 bits per heavy atom. The van der Waals surface area contributed by atoms with E-state index in [1.807, 2.05) is 0 Å². The lowest BCUT2D eigenvalue weighted by atomic mass is 10.2. The van der Waals surface area contributed by atoms with Gasteiger partial charge in [-0.25, -0.2) is 14.4 Å². The van der Waals surface area contributed by atoms with Crippen molar-refractivity contribution in [3.63, 3.8) is 0 Å². The third-order valence-electron chi connectivity index (χ3n) is 4.20. The van der Waals surface area contributed by atoms with Gasteiger partial charge in [0.05, 0.1) is 17.8 Å². The number of aryl methyl sites for hydroxylation is 1. The Morgan fingerprint density at radius 3 is 2.50 bits per heavy atom. The third-order valence-corrected chi connectivity index (χ3v) is 4.53. The lowest BCUT2D eigenvalue weighted by Gasteiger charge is -2.10. The zero-order valence-corrected chi connectivity index (χ0v) is 15.2. The summed E-state index contributed by atoms with van der Waals surface area (Å²) >= 11 is 6.14. The van der Waals surface area contributed by atoms with E-state index in [4.69, 9.17) is 16.3 Å². The molecule has 0 spiro atoms. The molecule has 3 aromatic heterocycles. The van der Waals surface area contributed by atoms with Crippen molar-refractivity contribution >= 4 is 28.3 Å². The molecule has 0 aliphatic carbocycles. The molecule has 0 amide bonds. The van der Waals surface area contributed by atoms with E-state index < -0.39 is 17.7 Å². The number of alkyl halides is 3. The van der Waals surface area contributed by atoms with Crippen LogP contribution in [0.1, 0.15) is 11.4 Å². The molecular weight excluding hydrogens is 400 g/mol. The fraction of sp³-hybridized carbons (Fsp3) is 0.167. The van der Waals surface area contributed by atoms with Crippen molar-refractivity contribution in [2.75, 3.05) is 7.11 Å². The molecule has 0 aliphatic heterocycles. The summed E-state index contributed by atoms with van der Waals surface area (Å²) in [6.07, 6.45) is -4.76. The molecule has 4 rings (SSSR count). The van der Waals surface area contributed by atoms with Crippen LogP contribution in [0.3, 0.4) is 0 Å². The number of benzene rings is 1. The standard InChI is InChI=1S/C18H11ClF4N4O/c1-8-14-15(18(21,22)23)26-16(10-7-9(20)3-4-11(10)19)27(14)17-12(24-8)5-6-13(25-17)28-2/h3-7H,1-2H3. The highest BCUT2D eigenvalue weighted by Gasteiger charge is 2.39. The van der Waals surface area contributed by atoms with Crippen LogP contribution in [0.4, 0.5) is 17.6 Å². The molecule has 0 bridgehead atoms. The summed E-state index contributed by atoms with van der Waals surface area (Å²) < 4.78 is 61.2. The molecule has 0 N–H and O–H groups in total. The highest BCUT2D eigenvalue weighted by atomic mass is 35.5. The fourth-order valence-corrected chi connectivity index (χ4v) is 3.23. The Balaban J connectivity index is 2.25. The van der Waals surface area contributed by atoms with Gasteiger partial charge in [-0.2, -0.15) is 18.2 Å². The van der Waals surface area contributed by atoms with E-state index in [0.29, 0.717) is 5.52 Å². The molecule has 28 heavy (non-hydrogen) atoms. The van der Waals surface area contributed by atoms with E-state index in [1.165, 1.54) is 30.6 Å². The SMILES string of the molecule is COc1ccc2nc(C)c3c(C(F)(F)F)nc(-c4cc(F)ccc4Cl)n3c2n1. The Labute approximate surface area is 160 Å². The first-order chi connectivity index (χ1) is 13.2. The molecule has 0 radical (unpaired) electrons. The van der Waals surface area contributed by atoms with Crippen LogP contribution < -0.4 is 4.74 Å². The summed E-state index contributed by atoms with van der Waals surface area (Å²) in [5.41, 5.74) is -0.929. The number of aromatic nitrogens is 4. The first kappa shape index (κ1) is 18.4. The Bertz CT molecular complexity index is 1240. The Morgan fingerprint density at radius 1 is 1.07 bits per heavy atom. The van der Waals surface area contributed by atoms with Gasteiger partial charge in [-0.1, -0.05) is 11.6 Å². The van der Waals surface area contributed by atoms with Gasteiger partial charge in [0.1, 0.15) is 22.7 Å². The third kappa shape index (κ3) is 2.82. The zero-order valence-electron chi connectivity index (χ0n) is 14.5. The topological polar surface area (TPSA) is 52.3 Å². The maximum absolute atomic E-state index is 13.8. The highest BCUT2D eigenvalue weighted by molar-refractivity contribution is 6.33. The maximum atomic E-state index is 13.8. The number of imidazole rings is 1. The molecule has 1 aromatic carbocycles. The molecule has 4 aromatic rings. The van der Waals surface area contributed by atoms with Gasteiger partial charge in [-0.3, -0.25) is 4.40 Å². The number of rotatable bonds is 2. The van der Waals surface area contributed by atoms with E-state index in [2.05, 4.69) is 15.0 Å². The normalized spacial score (nSPS) is 12.1. The van der Waals surface area contributed by atoms with Crippen molar-refractivity contribution in [1.29, 1.82) is 0 Å². The van der Waals surface area contributed by atoms with Crippen molar-refractivity contribution < 1.29 is 22.3 Å². The van der Waals surface area contributed by atoms with Crippen molar-refractivity contribution in [2.24, 2.45) is 0 Å². The van der Waals surface area contributed by atoms with Crippen molar-refractivity contribution in [2.45, 2.75) is 13.1 Å². The molecule has 144 valence electrons. The highest BCUT2D eigenvalue weighted by Crippen LogP contribution is 2.39. The van der Waals surface area contributed by atoms with Crippen LogP contribution in [0.5, 0.6) is 5.88 Å². The number of fused-ring (bicyclic) bond motifs is 3. The Hall–Kier alpha value is -2.94. The van der Waals surface area contributed by atoms with Crippen LogP contribution in [0.2, 0.25) is 5.02 Å². The molecule has 10 heteroatoms. The number of methoxy groups -OCH3 is 1.